The van der Waals surface area contributed by atoms with Crippen LogP contribution in [0.2, 0.25) is 0 Å². The average Bonchev–Trinajstić information content (AvgIpc) is 2.48. The number of hydrogen-bond donors (Lipinski definition) is 1. The van der Waals surface area contributed by atoms with Gasteiger partial charge in [-0.05, 0) is 44.5 Å². The predicted molar refractivity (Wildman–Crippen MR) is 82.3 cm³/mol. The van der Waals surface area contributed by atoms with Crippen molar-refractivity contribution in [2.75, 3.05) is 26.7 Å². The minimum Gasteiger partial charge on any atom is -0.312 e. The minimum absolute atomic E-state index is 0.462. The zero-order valence-corrected chi connectivity index (χ0v) is 12.4. The molecule has 0 bridgehead atoms. The smallest absolute Gasteiger partial charge is 0.0446 e. The highest BCUT2D eigenvalue weighted by Crippen LogP contribution is 2.23. The van der Waals surface area contributed by atoms with Crippen molar-refractivity contribution in [3.05, 3.63) is 35.9 Å². The summed E-state index contributed by atoms with van der Waals surface area (Å²) in [5.41, 5.74) is 1.40. The molecule has 0 spiro atoms. The molecule has 0 radical (unpaired) electrons. The Balaban J connectivity index is 1.84. The summed E-state index contributed by atoms with van der Waals surface area (Å²) in [5.74, 6) is 0.978. The van der Waals surface area contributed by atoms with E-state index in [2.05, 4.69) is 54.5 Å². The number of likely N-dealkylation sites (N-methyl/N-ethyl adjacent to an activating group) is 1. The van der Waals surface area contributed by atoms with Crippen LogP contribution in [0.15, 0.2) is 30.3 Å². The Kier molecular flexibility index (Phi) is 5.87. The Morgan fingerprint density at radius 3 is 2.47 bits per heavy atom. The van der Waals surface area contributed by atoms with Crippen molar-refractivity contribution in [2.45, 2.75) is 38.6 Å². The molecule has 2 heteroatoms. The van der Waals surface area contributed by atoms with Gasteiger partial charge >= 0.3 is 0 Å². The van der Waals surface area contributed by atoms with E-state index in [9.17, 15) is 0 Å². The van der Waals surface area contributed by atoms with Gasteiger partial charge in [0.05, 0.1) is 0 Å². The van der Waals surface area contributed by atoms with Gasteiger partial charge in [0.15, 0.2) is 0 Å². The SMILES string of the molecule is CCCC1CCN(CC(NC)c2ccccc2)CC1. The highest BCUT2D eigenvalue weighted by molar-refractivity contribution is 5.19. The average molecular weight is 260 g/mol. The van der Waals surface area contributed by atoms with E-state index in [1.54, 1.807) is 0 Å². The fourth-order valence-electron chi connectivity index (χ4n) is 3.17. The van der Waals surface area contributed by atoms with Crippen LogP contribution in [0.3, 0.4) is 0 Å². The van der Waals surface area contributed by atoms with Gasteiger partial charge in [-0.25, -0.2) is 0 Å². The standard InChI is InChI=1S/C17H28N2/c1-3-7-15-10-12-19(13-11-15)14-17(18-2)16-8-5-4-6-9-16/h4-6,8-9,15,17-18H,3,7,10-14H2,1-2H3. The maximum absolute atomic E-state index is 3.46. The zero-order valence-electron chi connectivity index (χ0n) is 12.4. The number of hydrogen-bond acceptors (Lipinski definition) is 2. The van der Waals surface area contributed by atoms with Gasteiger partial charge in [0.1, 0.15) is 0 Å². The van der Waals surface area contributed by atoms with E-state index in [-0.39, 0.29) is 0 Å². The van der Waals surface area contributed by atoms with Crippen LogP contribution in [0.4, 0.5) is 0 Å². The van der Waals surface area contributed by atoms with Crippen LogP contribution in [0, 0.1) is 5.92 Å². The third-order valence-electron chi connectivity index (χ3n) is 4.40. The largest absolute Gasteiger partial charge is 0.312 e. The fourth-order valence-corrected chi connectivity index (χ4v) is 3.17. The van der Waals surface area contributed by atoms with E-state index in [0.29, 0.717) is 6.04 Å². The first-order valence-corrected chi connectivity index (χ1v) is 7.78. The molecule has 1 aliphatic rings. The molecule has 1 heterocycles. The summed E-state index contributed by atoms with van der Waals surface area (Å²) in [4.78, 5) is 2.63. The first kappa shape index (κ1) is 14.5. The van der Waals surface area contributed by atoms with Crippen molar-refractivity contribution in [3.63, 3.8) is 0 Å². The van der Waals surface area contributed by atoms with E-state index >= 15 is 0 Å². The molecule has 106 valence electrons. The van der Waals surface area contributed by atoms with Gasteiger partial charge in [-0.15, -0.1) is 0 Å². The van der Waals surface area contributed by atoms with Crippen LogP contribution >= 0.6 is 0 Å². The lowest BCUT2D eigenvalue weighted by molar-refractivity contribution is 0.165. The summed E-state index contributed by atoms with van der Waals surface area (Å²) in [6.45, 7) is 5.99. The molecule has 0 aliphatic carbocycles. The Bertz CT molecular complexity index is 342. The second kappa shape index (κ2) is 7.66. The molecule has 2 rings (SSSR count). The summed E-state index contributed by atoms with van der Waals surface area (Å²) in [5, 5.41) is 3.46. The number of piperidine rings is 1. The monoisotopic (exact) mass is 260 g/mol. The first-order chi connectivity index (χ1) is 9.33. The Hall–Kier alpha value is -0.860. The molecule has 1 saturated heterocycles. The normalized spacial score (nSPS) is 19.5. The molecule has 1 unspecified atom stereocenters. The number of benzene rings is 1. The Morgan fingerprint density at radius 2 is 1.89 bits per heavy atom. The third-order valence-corrected chi connectivity index (χ3v) is 4.40. The third kappa shape index (κ3) is 4.32. The zero-order chi connectivity index (χ0) is 13.5. The number of likely N-dealkylation sites (tertiary alicyclic amines) is 1. The molecule has 0 saturated carbocycles. The molecule has 1 atom stereocenters. The molecule has 1 aromatic carbocycles. The van der Waals surface area contributed by atoms with Gasteiger partial charge in [-0.3, -0.25) is 0 Å². The van der Waals surface area contributed by atoms with E-state index < -0.39 is 0 Å². The van der Waals surface area contributed by atoms with Crippen molar-refractivity contribution in [1.82, 2.24) is 10.2 Å². The molecule has 0 amide bonds. The van der Waals surface area contributed by atoms with Crippen molar-refractivity contribution < 1.29 is 0 Å². The quantitative estimate of drug-likeness (QED) is 0.842. The van der Waals surface area contributed by atoms with Crippen LogP contribution in [0.25, 0.3) is 0 Å². The topological polar surface area (TPSA) is 15.3 Å². The molecule has 1 fully saturated rings. The van der Waals surface area contributed by atoms with Crippen LogP contribution in [-0.4, -0.2) is 31.6 Å². The van der Waals surface area contributed by atoms with Crippen molar-refractivity contribution >= 4 is 0 Å². The lowest BCUT2D eigenvalue weighted by atomic mass is 9.92. The number of nitrogens with zero attached hydrogens (tertiary/aromatic N) is 1. The van der Waals surface area contributed by atoms with E-state index in [4.69, 9.17) is 0 Å². The molecule has 1 aliphatic heterocycles. The second-order valence-corrected chi connectivity index (χ2v) is 5.78. The summed E-state index contributed by atoms with van der Waals surface area (Å²) in [6, 6.07) is 11.3. The van der Waals surface area contributed by atoms with Gasteiger partial charge in [-0.1, -0.05) is 50.1 Å². The highest BCUT2D eigenvalue weighted by atomic mass is 15.1. The van der Waals surface area contributed by atoms with Gasteiger partial charge in [0, 0.05) is 12.6 Å². The number of rotatable bonds is 6. The number of nitrogens with one attached hydrogen (secondary N) is 1. The summed E-state index contributed by atoms with van der Waals surface area (Å²) < 4.78 is 0. The van der Waals surface area contributed by atoms with Crippen LogP contribution in [-0.2, 0) is 0 Å². The van der Waals surface area contributed by atoms with Crippen molar-refractivity contribution in [1.29, 1.82) is 0 Å². The van der Waals surface area contributed by atoms with Gasteiger partial charge < -0.3 is 10.2 Å². The van der Waals surface area contributed by atoms with Crippen LogP contribution in [0.5, 0.6) is 0 Å². The molecular formula is C17H28N2. The maximum Gasteiger partial charge on any atom is 0.0446 e. The first-order valence-electron chi connectivity index (χ1n) is 7.78. The molecule has 2 nitrogen and oxygen atoms in total. The van der Waals surface area contributed by atoms with E-state index in [1.165, 1.54) is 44.3 Å². The van der Waals surface area contributed by atoms with Gasteiger partial charge in [0.2, 0.25) is 0 Å². The second-order valence-electron chi connectivity index (χ2n) is 5.78. The van der Waals surface area contributed by atoms with Crippen molar-refractivity contribution in [3.8, 4) is 0 Å². The highest BCUT2D eigenvalue weighted by Gasteiger charge is 2.21. The fraction of sp³-hybridized carbons (Fsp3) is 0.647. The van der Waals surface area contributed by atoms with Crippen LogP contribution in [0.1, 0.15) is 44.2 Å². The van der Waals surface area contributed by atoms with Gasteiger partial charge in [0.25, 0.3) is 0 Å². The molecule has 0 aromatic heterocycles. The summed E-state index contributed by atoms with van der Waals surface area (Å²) in [6.07, 6.45) is 5.54. The van der Waals surface area contributed by atoms with E-state index in [0.717, 1.165) is 12.5 Å². The Labute approximate surface area is 118 Å². The molecular weight excluding hydrogens is 232 g/mol. The molecule has 1 aromatic rings. The predicted octanol–water partition coefficient (Wildman–Crippen LogP) is 3.46. The van der Waals surface area contributed by atoms with Gasteiger partial charge in [-0.2, -0.15) is 0 Å². The lowest BCUT2D eigenvalue weighted by Gasteiger charge is -2.34. The Morgan fingerprint density at radius 1 is 1.21 bits per heavy atom. The van der Waals surface area contributed by atoms with Crippen molar-refractivity contribution in [2.24, 2.45) is 5.92 Å². The molecule has 19 heavy (non-hydrogen) atoms. The lowest BCUT2D eigenvalue weighted by Crippen LogP contribution is -2.39. The van der Waals surface area contributed by atoms with Crippen LogP contribution < -0.4 is 5.32 Å². The maximum atomic E-state index is 3.46. The summed E-state index contributed by atoms with van der Waals surface area (Å²) >= 11 is 0. The van der Waals surface area contributed by atoms with E-state index in [1.807, 2.05) is 0 Å². The summed E-state index contributed by atoms with van der Waals surface area (Å²) in [7, 11) is 2.07. The molecule has 1 N–H and O–H groups in total. The minimum atomic E-state index is 0.462.